The Morgan fingerprint density at radius 1 is 1.33 bits per heavy atom. The van der Waals surface area contributed by atoms with Crippen LogP contribution in [0, 0.1) is 13.8 Å². The number of carbonyl (C=O) groups is 1. The quantitative estimate of drug-likeness (QED) is 0.750. The van der Waals surface area contributed by atoms with E-state index in [1.54, 1.807) is 0 Å². The van der Waals surface area contributed by atoms with E-state index in [0.717, 1.165) is 36.0 Å². The highest BCUT2D eigenvalue weighted by Crippen LogP contribution is 2.33. The number of ketones is 1. The molecule has 15 heavy (non-hydrogen) atoms. The van der Waals surface area contributed by atoms with E-state index in [-0.39, 0.29) is 5.78 Å². The molecule has 2 heteroatoms. The van der Waals surface area contributed by atoms with Crippen molar-refractivity contribution in [1.82, 2.24) is 0 Å². The summed E-state index contributed by atoms with van der Waals surface area (Å²) in [5, 5.41) is 0. The van der Waals surface area contributed by atoms with Crippen molar-refractivity contribution in [2.24, 2.45) is 5.73 Å². The van der Waals surface area contributed by atoms with Crippen molar-refractivity contribution in [2.45, 2.75) is 38.6 Å². The van der Waals surface area contributed by atoms with Gasteiger partial charge in [-0.05, 0) is 44.2 Å². The highest BCUT2D eigenvalue weighted by molar-refractivity contribution is 6.04. The molecule has 2 rings (SSSR count). The zero-order chi connectivity index (χ0) is 11.1. The number of rotatable bonds is 2. The molecule has 80 valence electrons. The average molecular weight is 203 g/mol. The molecule has 0 radical (unpaired) electrons. The van der Waals surface area contributed by atoms with E-state index in [1.807, 2.05) is 32.0 Å². The fourth-order valence-corrected chi connectivity index (χ4v) is 2.05. The second kappa shape index (κ2) is 3.46. The molecule has 1 aromatic rings. The summed E-state index contributed by atoms with van der Waals surface area (Å²) in [6, 6.07) is 5.84. The molecule has 0 heterocycles. The van der Waals surface area contributed by atoms with E-state index in [2.05, 4.69) is 0 Å². The first-order valence-corrected chi connectivity index (χ1v) is 5.44. The summed E-state index contributed by atoms with van der Waals surface area (Å²) in [6.45, 7) is 4.01. The summed E-state index contributed by atoms with van der Waals surface area (Å²) in [5.74, 6) is 0.120. The monoisotopic (exact) mass is 203 g/mol. The van der Waals surface area contributed by atoms with Crippen LogP contribution in [0.3, 0.4) is 0 Å². The Labute approximate surface area is 90.5 Å². The van der Waals surface area contributed by atoms with E-state index < -0.39 is 5.54 Å². The number of carbonyl (C=O) groups excluding carboxylic acids is 1. The van der Waals surface area contributed by atoms with Gasteiger partial charge in [-0.2, -0.15) is 0 Å². The van der Waals surface area contributed by atoms with Crippen molar-refractivity contribution < 1.29 is 4.79 Å². The summed E-state index contributed by atoms with van der Waals surface area (Å²) in [5.41, 5.74) is 8.50. The van der Waals surface area contributed by atoms with Gasteiger partial charge in [0.25, 0.3) is 0 Å². The third-order valence-corrected chi connectivity index (χ3v) is 3.55. The van der Waals surface area contributed by atoms with Crippen molar-refractivity contribution in [3.8, 4) is 0 Å². The second-order valence-corrected chi connectivity index (χ2v) is 4.59. The van der Waals surface area contributed by atoms with Crippen LogP contribution in [0.4, 0.5) is 0 Å². The standard InChI is InChI=1S/C13H17NO/c1-9-5-3-6-11(10(9)2)12(15)13(14)7-4-8-13/h3,5-6H,4,7-8,14H2,1-2H3. The topological polar surface area (TPSA) is 43.1 Å². The molecule has 1 aliphatic rings. The van der Waals surface area contributed by atoms with Crippen LogP contribution >= 0.6 is 0 Å². The van der Waals surface area contributed by atoms with Gasteiger partial charge in [0.15, 0.2) is 5.78 Å². The smallest absolute Gasteiger partial charge is 0.182 e. The first kappa shape index (κ1) is 10.4. The number of Topliss-reactive ketones (excluding diaryl/α,β-unsaturated/α-hetero) is 1. The Kier molecular flexibility index (Phi) is 2.39. The van der Waals surface area contributed by atoms with Crippen molar-refractivity contribution in [3.05, 3.63) is 34.9 Å². The maximum atomic E-state index is 12.2. The molecule has 0 spiro atoms. The lowest BCUT2D eigenvalue weighted by atomic mass is 9.72. The highest BCUT2D eigenvalue weighted by Gasteiger charge is 2.40. The maximum Gasteiger partial charge on any atom is 0.182 e. The van der Waals surface area contributed by atoms with Gasteiger partial charge in [0, 0.05) is 5.56 Å². The molecule has 0 atom stereocenters. The summed E-state index contributed by atoms with van der Waals surface area (Å²) >= 11 is 0. The predicted molar refractivity (Wildman–Crippen MR) is 61.0 cm³/mol. The molecule has 1 saturated carbocycles. The van der Waals surface area contributed by atoms with Crippen LogP contribution in [0.1, 0.15) is 40.7 Å². The van der Waals surface area contributed by atoms with Crippen molar-refractivity contribution in [3.63, 3.8) is 0 Å². The lowest BCUT2D eigenvalue weighted by Crippen LogP contribution is -2.53. The second-order valence-electron chi connectivity index (χ2n) is 4.59. The molecule has 1 aliphatic carbocycles. The SMILES string of the molecule is Cc1cccc(C(=O)C2(N)CCC2)c1C. The first-order valence-electron chi connectivity index (χ1n) is 5.44. The predicted octanol–water partition coefficient (Wildman–Crippen LogP) is 2.37. The minimum Gasteiger partial charge on any atom is -0.319 e. The van der Waals surface area contributed by atoms with Gasteiger partial charge in [0.1, 0.15) is 0 Å². The average Bonchev–Trinajstić information content (AvgIpc) is 2.18. The van der Waals surface area contributed by atoms with Crippen LogP contribution in [0.25, 0.3) is 0 Å². The fourth-order valence-electron chi connectivity index (χ4n) is 2.05. The Morgan fingerprint density at radius 2 is 2.00 bits per heavy atom. The normalized spacial score (nSPS) is 18.3. The van der Waals surface area contributed by atoms with Crippen LogP contribution in [0.5, 0.6) is 0 Å². The first-order chi connectivity index (χ1) is 7.04. The Bertz CT molecular complexity index is 405. The Morgan fingerprint density at radius 3 is 2.53 bits per heavy atom. The highest BCUT2D eigenvalue weighted by atomic mass is 16.1. The van der Waals surface area contributed by atoms with Crippen LogP contribution in [0.15, 0.2) is 18.2 Å². The third kappa shape index (κ3) is 1.59. The molecule has 1 aromatic carbocycles. The van der Waals surface area contributed by atoms with Crippen LogP contribution in [-0.2, 0) is 0 Å². The Balaban J connectivity index is 2.37. The van der Waals surface area contributed by atoms with Crippen LogP contribution in [0.2, 0.25) is 0 Å². The summed E-state index contributed by atoms with van der Waals surface area (Å²) < 4.78 is 0. The van der Waals surface area contributed by atoms with Gasteiger partial charge in [0.2, 0.25) is 0 Å². The van der Waals surface area contributed by atoms with E-state index in [1.165, 1.54) is 0 Å². The zero-order valence-corrected chi connectivity index (χ0v) is 9.34. The van der Waals surface area contributed by atoms with Crippen molar-refractivity contribution in [1.29, 1.82) is 0 Å². The molecule has 0 bridgehead atoms. The van der Waals surface area contributed by atoms with Crippen LogP contribution < -0.4 is 5.73 Å². The van der Waals surface area contributed by atoms with Gasteiger partial charge < -0.3 is 5.73 Å². The molecule has 1 fully saturated rings. The molecule has 0 aliphatic heterocycles. The number of hydrogen-bond donors (Lipinski definition) is 1. The van der Waals surface area contributed by atoms with E-state index >= 15 is 0 Å². The number of benzene rings is 1. The molecule has 0 unspecified atom stereocenters. The molecule has 2 N–H and O–H groups in total. The summed E-state index contributed by atoms with van der Waals surface area (Å²) in [6.07, 6.45) is 2.74. The van der Waals surface area contributed by atoms with Crippen molar-refractivity contribution >= 4 is 5.78 Å². The lowest BCUT2D eigenvalue weighted by molar-refractivity contribution is 0.0800. The van der Waals surface area contributed by atoms with Gasteiger partial charge >= 0.3 is 0 Å². The molecule has 2 nitrogen and oxygen atoms in total. The largest absolute Gasteiger partial charge is 0.319 e. The number of hydrogen-bond acceptors (Lipinski definition) is 2. The zero-order valence-electron chi connectivity index (χ0n) is 9.34. The van der Waals surface area contributed by atoms with Gasteiger partial charge in [-0.3, -0.25) is 4.79 Å². The molecular formula is C13H17NO. The molecule has 0 saturated heterocycles. The van der Waals surface area contributed by atoms with Gasteiger partial charge in [-0.25, -0.2) is 0 Å². The lowest BCUT2D eigenvalue weighted by Gasteiger charge is -2.36. The number of aryl methyl sites for hydroxylation is 1. The van der Waals surface area contributed by atoms with Crippen LogP contribution in [-0.4, -0.2) is 11.3 Å². The maximum absolute atomic E-state index is 12.2. The molecule has 0 amide bonds. The Hall–Kier alpha value is -1.15. The van der Waals surface area contributed by atoms with Gasteiger partial charge in [0.05, 0.1) is 5.54 Å². The summed E-state index contributed by atoms with van der Waals surface area (Å²) in [7, 11) is 0. The minimum atomic E-state index is -0.571. The summed E-state index contributed by atoms with van der Waals surface area (Å²) in [4.78, 5) is 12.2. The van der Waals surface area contributed by atoms with E-state index in [9.17, 15) is 4.79 Å². The van der Waals surface area contributed by atoms with Gasteiger partial charge in [-0.1, -0.05) is 18.2 Å². The van der Waals surface area contributed by atoms with Gasteiger partial charge in [-0.15, -0.1) is 0 Å². The van der Waals surface area contributed by atoms with E-state index in [4.69, 9.17) is 5.73 Å². The molecule has 0 aromatic heterocycles. The third-order valence-electron chi connectivity index (χ3n) is 3.55. The molecular weight excluding hydrogens is 186 g/mol. The fraction of sp³-hybridized carbons (Fsp3) is 0.462. The van der Waals surface area contributed by atoms with E-state index in [0.29, 0.717) is 0 Å². The minimum absolute atomic E-state index is 0.120. The van der Waals surface area contributed by atoms with Crippen molar-refractivity contribution in [2.75, 3.05) is 0 Å². The number of nitrogens with two attached hydrogens (primary N) is 1.